The van der Waals surface area contributed by atoms with Gasteiger partial charge in [-0.25, -0.2) is 0 Å². The number of amides is 1. The summed E-state index contributed by atoms with van der Waals surface area (Å²) in [6, 6.07) is 8.37. The third-order valence-corrected chi connectivity index (χ3v) is 2.90. The van der Waals surface area contributed by atoms with Crippen molar-refractivity contribution < 1.29 is 9.90 Å². The fourth-order valence-electron chi connectivity index (χ4n) is 1.47. The van der Waals surface area contributed by atoms with Gasteiger partial charge < -0.3 is 10.4 Å². The molecule has 0 aliphatic heterocycles. The topological polar surface area (TPSA) is 62.2 Å². The van der Waals surface area contributed by atoms with Crippen LogP contribution >= 0.6 is 15.9 Å². The van der Waals surface area contributed by atoms with Crippen molar-refractivity contribution in [1.29, 1.82) is 0 Å². The number of hydrogen-bond donors (Lipinski definition) is 2. The molecule has 0 saturated heterocycles. The zero-order valence-electron chi connectivity index (χ0n) is 9.43. The largest absolute Gasteiger partial charge is 0.507 e. The first kappa shape index (κ1) is 12.6. The van der Waals surface area contributed by atoms with Crippen molar-refractivity contribution in [3.63, 3.8) is 0 Å². The lowest BCUT2D eigenvalue weighted by Crippen LogP contribution is -2.22. The van der Waals surface area contributed by atoms with Crippen LogP contribution in [0, 0.1) is 0 Å². The lowest BCUT2D eigenvalue weighted by molar-refractivity contribution is 0.0948. The van der Waals surface area contributed by atoms with Crippen LogP contribution in [0.1, 0.15) is 15.9 Å². The summed E-state index contributed by atoms with van der Waals surface area (Å²) >= 11 is 3.26. The molecular formula is C13H11BrN2O2. The van der Waals surface area contributed by atoms with Crippen LogP contribution in [-0.2, 0) is 6.54 Å². The van der Waals surface area contributed by atoms with Crippen LogP contribution in [0.3, 0.4) is 0 Å². The van der Waals surface area contributed by atoms with Crippen LogP contribution in [0.4, 0.5) is 0 Å². The molecule has 1 amide bonds. The highest BCUT2D eigenvalue weighted by Gasteiger charge is 2.10. The van der Waals surface area contributed by atoms with Crippen LogP contribution in [0.25, 0.3) is 0 Å². The maximum Gasteiger partial charge on any atom is 0.255 e. The van der Waals surface area contributed by atoms with E-state index in [1.807, 2.05) is 12.1 Å². The number of benzene rings is 1. The van der Waals surface area contributed by atoms with Crippen LogP contribution in [0.5, 0.6) is 5.75 Å². The highest BCUT2D eigenvalue weighted by Crippen LogP contribution is 2.21. The number of aromatic hydroxyl groups is 1. The van der Waals surface area contributed by atoms with Gasteiger partial charge in [0, 0.05) is 23.4 Å². The summed E-state index contributed by atoms with van der Waals surface area (Å²) in [5, 5.41) is 12.3. The minimum Gasteiger partial charge on any atom is -0.507 e. The molecule has 2 aromatic rings. The summed E-state index contributed by atoms with van der Waals surface area (Å²) in [7, 11) is 0. The monoisotopic (exact) mass is 306 g/mol. The third-order valence-electron chi connectivity index (χ3n) is 2.41. The Bertz CT molecular complexity index is 558. The van der Waals surface area contributed by atoms with E-state index in [2.05, 4.69) is 26.2 Å². The molecule has 0 radical (unpaired) electrons. The summed E-state index contributed by atoms with van der Waals surface area (Å²) in [5.41, 5.74) is 1.20. The highest BCUT2D eigenvalue weighted by atomic mass is 79.9. The zero-order chi connectivity index (χ0) is 13.0. The van der Waals surface area contributed by atoms with Crippen molar-refractivity contribution in [1.82, 2.24) is 10.3 Å². The van der Waals surface area contributed by atoms with E-state index in [9.17, 15) is 9.90 Å². The summed E-state index contributed by atoms with van der Waals surface area (Å²) in [4.78, 5) is 15.8. The number of phenols is 1. The van der Waals surface area contributed by atoms with Gasteiger partial charge >= 0.3 is 0 Å². The molecule has 92 valence electrons. The van der Waals surface area contributed by atoms with Gasteiger partial charge in [-0.1, -0.05) is 15.9 Å². The molecule has 1 aromatic heterocycles. The van der Waals surface area contributed by atoms with Crippen molar-refractivity contribution in [2.24, 2.45) is 0 Å². The summed E-state index contributed by atoms with van der Waals surface area (Å²) in [6.07, 6.45) is 3.33. The van der Waals surface area contributed by atoms with Gasteiger partial charge in [0.05, 0.1) is 5.56 Å². The van der Waals surface area contributed by atoms with Gasteiger partial charge in [0.25, 0.3) is 5.91 Å². The first-order chi connectivity index (χ1) is 8.66. The molecule has 0 aliphatic rings. The molecule has 0 unspecified atom stereocenters. The minimum absolute atomic E-state index is 0.0366. The molecule has 1 aromatic carbocycles. The van der Waals surface area contributed by atoms with Gasteiger partial charge in [-0.3, -0.25) is 9.78 Å². The number of rotatable bonds is 3. The SMILES string of the molecule is O=C(NCc1ccncc1)c1cc(Br)ccc1O. The number of nitrogens with one attached hydrogen (secondary N) is 1. The fourth-order valence-corrected chi connectivity index (χ4v) is 1.83. The molecule has 0 spiro atoms. The van der Waals surface area contributed by atoms with E-state index >= 15 is 0 Å². The molecular weight excluding hydrogens is 296 g/mol. The number of hydrogen-bond acceptors (Lipinski definition) is 3. The molecule has 0 aliphatic carbocycles. The third kappa shape index (κ3) is 3.07. The zero-order valence-corrected chi connectivity index (χ0v) is 11.0. The normalized spacial score (nSPS) is 10.1. The number of halogens is 1. The molecule has 2 rings (SSSR count). The van der Waals surface area contributed by atoms with Crippen molar-refractivity contribution >= 4 is 21.8 Å². The van der Waals surface area contributed by atoms with Gasteiger partial charge in [-0.2, -0.15) is 0 Å². The van der Waals surface area contributed by atoms with E-state index in [-0.39, 0.29) is 17.2 Å². The Morgan fingerprint density at radius 3 is 2.72 bits per heavy atom. The molecule has 0 saturated carbocycles. The lowest BCUT2D eigenvalue weighted by Gasteiger charge is -2.07. The Hall–Kier alpha value is -1.88. The highest BCUT2D eigenvalue weighted by molar-refractivity contribution is 9.10. The van der Waals surface area contributed by atoms with Gasteiger partial charge in [0.1, 0.15) is 5.75 Å². The number of phenolic OH excluding ortho intramolecular Hbond substituents is 1. The average molecular weight is 307 g/mol. The molecule has 0 atom stereocenters. The molecule has 4 nitrogen and oxygen atoms in total. The van der Waals surface area contributed by atoms with E-state index in [0.29, 0.717) is 6.54 Å². The maximum atomic E-state index is 11.9. The first-order valence-electron chi connectivity index (χ1n) is 5.32. The van der Waals surface area contributed by atoms with Gasteiger partial charge in [0.2, 0.25) is 0 Å². The molecule has 5 heteroatoms. The minimum atomic E-state index is -0.314. The van der Waals surface area contributed by atoms with E-state index in [1.54, 1.807) is 24.5 Å². The molecule has 0 fully saturated rings. The quantitative estimate of drug-likeness (QED) is 0.916. The van der Waals surface area contributed by atoms with Crippen LogP contribution in [0.15, 0.2) is 47.2 Å². The predicted octanol–water partition coefficient (Wildman–Crippen LogP) is 2.48. The van der Waals surface area contributed by atoms with E-state index in [0.717, 1.165) is 10.0 Å². The average Bonchev–Trinajstić information content (AvgIpc) is 2.40. The second kappa shape index (κ2) is 5.64. The van der Waals surface area contributed by atoms with E-state index in [1.165, 1.54) is 6.07 Å². The standard InChI is InChI=1S/C13H11BrN2O2/c14-10-1-2-12(17)11(7-10)13(18)16-8-9-3-5-15-6-4-9/h1-7,17H,8H2,(H,16,18). The van der Waals surface area contributed by atoms with Gasteiger partial charge in [-0.05, 0) is 35.9 Å². The molecule has 0 bridgehead atoms. The van der Waals surface area contributed by atoms with Crippen LogP contribution < -0.4 is 5.32 Å². The van der Waals surface area contributed by atoms with Gasteiger partial charge in [0.15, 0.2) is 0 Å². The second-order valence-corrected chi connectivity index (χ2v) is 4.62. The Morgan fingerprint density at radius 1 is 1.28 bits per heavy atom. The van der Waals surface area contributed by atoms with E-state index < -0.39 is 0 Å². The van der Waals surface area contributed by atoms with Crippen LogP contribution in [-0.4, -0.2) is 16.0 Å². The number of carbonyl (C=O) groups is 1. The maximum absolute atomic E-state index is 11.9. The lowest BCUT2D eigenvalue weighted by atomic mass is 10.2. The number of carbonyl (C=O) groups excluding carboxylic acids is 1. The van der Waals surface area contributed by atoms with Crippen molar-refractivity contribution in [3.05, 3.63) is 58.3 Å². The predicted molar refractivity (Wildman–Crippen MR) is 71.2 cm³/mol. The number of nitrogens with zero attached hydrogens (tertiary/aromatic N) is 1. The number of aromatic nitrogens is 1. The summed E-state index contributed by atoms with van der Waals surface area (Å²) in [5.74, 6) is -0.351. The van der Waals surface area contributed by atoms with Crippen molar-refractivity contribution in [3.8, 4) is 5.75 Å². The Balaban J connectivity index is 2.06. The Morgan fingerprint density at radius 2 is 2.00 bits per heavy atom. The fraction of sp³-hybridized carbons (Fsp3) is 0.0769. The van der Waals surface area contributed by atoms with Crippen LogP contribution in [0.2, 0.25) is 0 Å². The van der Waals surface area contributed by atoms with E-state index in [4.69, 9.17) is 0 Å². The molecule has 2 N–H and O–H groups in total. The number of pyridine rings is 1. The molecule has 1 heterocycles. The van der Waals surface area contributed by atoms with Gasteiger partial charge in [-0.15, -0.1) is 0 Å². The molecule has 18 heavy (non-hydrogen) atoms. The Kier molecular flexibility index (Phi) is 3.94. The first-order valence-corrected chi connectivity index (χ1v) is 6.12. The van der Waals surface area contributed by atoms with Crippen molar-refractivity contribution in [2.75, 3.05) is 0 Å². The Labute approximate surface area is 113 Å². The van der Waals surface area contributed by atoms with Crippen molar-refractivity contribution in [2.45, 2.75) is 6.54 Å². The summed E-state index contributed by atoms with van der Waals surface area (Å²) < 4.78 is 0.745. The second-order valence-electron chi connectivity index (χ2n) is 3.70. The smallest absolute Gasteiger partial charge is 0.255 e. The summed E-state index contributed by atoms with van der Waals surface area (Å²) in [6.45, 7) is 0.396.